The maximum absolute atomic E-state index is 12.1. The van der Waals surface area contributed by atoms with Crippen LogP contribution in [0.2, 0.25) is 0 Å². The van der Waals surface area contributed by atoms with Gasteiger partial charge in [-0.3, -0.25) is 0 Å². The molecule has 0 unspecified atom stereocenters. The van der Waals surface area contributed by atoms with Crippen LogP contribution in [0.25, 0.3) is 0 Å². The summed E-state index contributed by atoms with van der Waals surface area (Å²) in [5.74, 6) is 0.597. The number of nitrogens with one attached hydrogen (secondary N) is 3. The third-order valence-corrected chi connectivity index (χ3v) is 4.06. The lowest BCUT2D eigenvalue weighted by atomic mass is 10.1. The van der Waals surface area contributed by atoms with Gasteiger partial charge in [0.05, 0.1) is 19.4 Å². The molecule has 168 valence electrons. The zero-order valence-corrected chi connectivity index (χ0v) is 19.5. The van der Waals surface area contributed by atoms with Crippen molar-refractivity contribution in [1.82, 2.24) is 15.4 Å². The van der Waals surface area contributed by atoms with Crippen LogP contribution in [-0.2, 0) is 27.9 Å². The zero-order chi connectivity index (χ0) is 21.0. The Bertz CT molecular complexity index is 714. The number of guanidine groups is 1. The predicted molar refractivity (Wildman–Crippen MR) is 118 cm³/mol. The minimum absolute atomic E-state index is 0. The van der Waals surface area contributed by atoms with E-state index < -0.39 is 22.8 Å². The summed E-state index contributed by atoms with van der Waals surface area (Å²) in [7, 11) is -3.19. The highest BCUT2D eigenvalue weighted by atomic mass is 127. The van der Waals surface area contributed by atoms with Crippen LogP contribution in [0.4, 0.5) is 13.2 Å². The maximum atomic E-state index is 12.1. The number of halogens is 4. The Morgan fingerprint density at radius 1 is 1.10 bits per heavy atom. The van der Waals surface area contributed by atoms with E-state index in [1.54, 1.807) is 24.3 Å². The van der Waals surface area contributed by atoms with Crippen LogP contribution in [0.3, 0.4) is 0 Å². The maximum Gasteiger partial charge on any atom is 0.411 e. The number of hydrogen-bond acceptors (Lipinski definition) is 4. The number of nitrogens with zero attached hydrogens (tertiary/aromatic N) is 1. The average molecular weight is 552 g/mol. The van der Waals surface area contributed by atoms with E-state index in [9.17, 15) is 21.6 Å². The molecular formula is C17H28F3IN4O3S. The average Bonchev–Trinajstić information content (AvgIpc) is 2.58. The molecule has 12 heteroatoms. The molecule has 0 spiro atoms. The molecule has 7 nitrogen and oxygen atoms in total. The van der Waals surface area contributed by atoms with E-state index in [0.717, 1.165) is 11.8 Å². The zero-order valence-electron chi connectivity index (χ0n) is 16.4. The second-order valence-corrected chi connectivity index (χ2v) is 7.90. The van der Waals surface area contributed by atoms with Crippen LogP contribution in [0.5, 0.6) is 0 Å². The van der Waals surface area contributed by atoms with Gasteiger partial charge in [0, 0.05) is 19.6 Å². The number of alkyl halides is 3. The van der Waals surface area contributed by atoms with E-state index in [4.69, 9.17) is 0 Å². The molecule has 1 aromatic rings. The Morgan fingerprint density at radius 3 is 2.28 bits per heavy atom. The van der Waals surface area contributed by atoms with Crippen molar-refractivity contribution in [2.45, 2.75) is 32.7 Å². The lowest BCUT2D eigenvalue weighted by Gasteiger charge is -2.11. The van der Waals surface area contributed by atoms with Crippen LogP contribution in [0.1, 0.15) is 24.5 Å². The van der Waals surface area contributed by atoms with E-state index in [1.165, 1.54) is 0 Å². The highest BCUT2D eigenvalue weighted by molar-refractivity contribution is 14.0. The van der Waals surface area contributed by atoms with Crippen LogP contribution >= 0.6 is 24.0 Å². The molecular weight excluding hydrogens is 524 g/mol. The first-order valence-corrected chi connectivity index (χ1v) is 10.7. The summed E-state index contributed by atoms with van der Waals surface area (Å²) in [5, 5.41) is 6.20. The molecule has 0 saturated carbocycles. The third-order valence-electron chi connectivity index (χ3n) is 3.33. The highest BCUT2D eigenvalue weighted by Crippen LogP contribution is 2.16. The van der Waals surface area contributed by atoms with Crippen molar-refractivity contribution >= 4 is 40.0 Å². The van der Waals surface area contributed by atoms with Crippen molar-refractivity contribution in [2.75, 3.05) is 32.5 Å². The molecule has 3 N–H and O–H groups in total. The van der Waals surface area contributed by atoms with E-state index in [-0.39, 0.29) is 30.6 Å². The van der Waals surface area contributed by atoms with E-state index in [2.05, 4.69) is 25.1 Å². The minimum atomic E-state index is -4.33. The van der Waals surface area contributed by atoms with Crippen molar-refractivity contribution in [2.24, 2.45) is 4.99 Å². The lowest BCUT2D eigenvalue weighted by Crippen LogP contribution is -2.38. The molecule has 1 rings (SSSR count). The monoisotopic (exact) mass is 552 g/mol. The van der Waals surface area contributed by atoms with Crippen LogP contribution in [0, 0.1) is 0 Å². The fourth-order valence-corrected chi connectivity index (χ4v) is 2.61. The Kier molecular flexibility index (Phi) is 13.4. The van der Waals surface area contributed by atoms with Gasteiger partial charge in [0.15, 0.2) is 5.96 Å². The summed E-state index contributed by atoms with van der Waals surface area (Å²) in [5.41, 5.74) is 1.55. The van der Waals surface area contributed by atoms with Crippen molar-refractivity contribution in [3.63, 3.8) is 0 Å². The second-order valence-electron chi connectivity index (χ2n) is 6.07. The first-order chi connectivity index (χ1) is 13.1. The van der Waals surface area contributed by atoms with Gasteiger partial charge in [0.25, 0.3) is 0 Å². The highest BCUT2D eigenvalue weighted by Gasteiger charge is 2.27. The molecule has 0 fully saturated rings. The van der Waals surface area contributed by atoms with Gasteiger partial charge in [-0.2, -0.15) is 13.2 Å². The van der Waals surface area contributed by atoms with Gasteiger partial charge < -0.3 is 15.4 Å². The largest absolute Gasteiger partial charge is 0.411 e. The molecule has 0 atom stereocenters. The van der Waals surface area contributed by atoms with Crippen LogP contribution in [0.15, 0.2) is 29.3 Å². The summed E-state index contributed by atoms with van der Waals surface area (Å²) in [6.45, 7) is 2.50. The molecule has 0 radical (unpaired) electrons. The summed E-state index contributed by atoms with van der Waals surface area (Å²) in [6, 6.07) is 6.99. The number of rotatable bonds is 11. The van der Waals surface area contributed by atoms with Gasteiger partial charge in [-0.1, -0.05) is 24.3 Å². The van der Waals surface area contributed by atoms with E-state index in [1.807, 2.05) is 6.92 Å². The number of sulfonamides is 1. The first kappa shape index (κ1) is 27.9. The third kappa shape index (κ3) is 15.4. The number of benzene rings is 1. The van der Waals surface area contributed by atoms with Crippen molar-refractivity contribution in [3.05, 3.63) is 35.4 Å². The summed E-state index contributed by atoms with van der Waals surface area (Å²) < 4.78 is 65.2. The van der Waals surface area contributed by atoms with Gasteiger partial charge in [-0.15, -0.1) is 24.0 Å². The molecule has 29 heavy (non-hydrogen) atoms. The summed E-state index contributed by atoms with van der Waals surface area (Å²) >= 11 is 0. The van der Waals surface area contributed by atoms with Gasteiger partial charge in [0.1, 0.15) is 6.61 Å². The topological polar surface area (TPSA) is 91.8 Å². The van der Waals surface area contributed by atoms with E-state index >= 15 is 0 Å². The van der Waals surface area contributed by atoms with Gasteiger partial charge in [-0.05, 0) is 24.5 Å². The van der Waals surface area contributed by atoms with Crippen LogP contribution < -0.4 is 15.4 Å². The van der Waals surface area contributed by atoms with Crippen molar-refractivity contribution in [3.8, 4) is 0 Å². The van der Waals surface area contributed by atoms with E-state index in [0.29, 0.717) is 44.1 Å². The molecule has 0 aliphatic heterocycles. The molecule has 0 heterocycles. The first-order valence-electron chi connectivity index (χ1n) is 8.78. The second kappa shape index (κ2) is 14.0. The molecule has 0 saturated heterocycles. The lowest BCUT2D eigenvalue weighted by molar-refractivity contribution is -0.176. The summed E-state index contributed by atoms with van der Waals surface area (Å²) in [4.78, 5) is 4.43. The SMILES string of the molecule is CCNC(=NCc1ccc(COCC(F)(F)F)cc1)NCCCNS(C)(=O)=O.I. The van der Waals surface area contributed by atoms with Crippen LogP contribution in [-0.4, -0.2) is 53.1 Å². The molecule has 1 aromatic carbocycles. The fourth-order valence-electron chi connectivity index (χ4n) is 2.09. The Morgan fingerprint density at radius 2 is 1.72 bits per heavy atom. The number of hydrogen-bond donors (Lipinski definition) is 3. The molecule has 0 aliphatic rings. The predicted octanol–water partition coefficient (Wildman–Crippen LogP) is 2.38. The van der Waals surface area contributed by atoms with Gasteiger partial charge in [-0.25, -0.2) is 18.1 Å². The fraction of sp³-hybridized carbons (Fsp3) is 0.588. The van der Waals surface area contributed by atoms with Gasteiger partial charge in [0.2, 0.25) is 10.0 Å². The normalized spacial score (nSPS) is 12.4. The Hall–Kier alpha value is -1.12. The Labute approximate surface area is 187 Å². The molecule has 0 aliphatic carbocycles. The van der Waals surface area contributed by atoms with Crippen molar-refractivity contribution < 1.29 is 26.3 Å². The smallest absolute Gasteiger partial charge is 0.367 e. The molecule has 0 bridgehead atoms. The molecule has 0 aromatic heterocycles. The number of ether oxygens (including phenoxy) is 1. The van der Waals surface area contributed by atoms with Gasteiger partial charge >= 0.3 is 6.18 Å². The quantitative estimate of drug-likeness (QED) is 0.170. The molecule has 0 amide bonds. The minimum Gasteiger partial charge on any atom is -0.367 e. The van der Waals surface area contributed by atoms with Crippen molar-refractivity contribution in [1.29, 1.82) is 0 Å². The number of aliphatic imine (C=N–C) groups is 1. The summed E-state index contributed by atoms with van der Waals surface area (Å²) in [6.07, 6.45) is -2.62. The Balaban J connectivity index is 0.00000784. The standard InChI is InChI=1S/C17H27F3N4O3S.HI/c1-3-21-16(22-9-4-10-24-28(2,25)26)23-11-14-5-7-15(8-6-14)12-27-13-17(18,19)20;/h5-8,24H,3-4,9-13H2,1-2H3,(H2,21,22,23);1H.